The lowest BCUT2D eigenvalue weighted by molar-refractivity contribution is 0.0705. The molecule has 5 heteroatoms. The van der Waals surface area contributed by atoms with Crippen LogP contribution < -0.4 is 5.32 Å². The summed E-state index contributed by atoms with van der Waals surface area (Å²) in [5.74, 6) is 1.08. The molecule has 0 atom stereocenters. The van der Waals surface area contributed by atoms with E-state index in [1.54, 1.807) is 7.11 Å². The van der Waals surface area contributed by atoms with Gasteiger partial charge in [0.2, 0.25) is 0 Å². The van der Waals surface area contributed by atoms with Crippen molar-refractivity contribution < 1.29 is 9.53 Å². The van der Waals surface area contributed by atoms with Gasteiger partial charge in [0.25, 0.3) is 5.91 Å². The van der Waals surface area contributed by atoms with Crippen molar-refractivity contribution in [1.29, 1.82) is 0 Å². The molecule has 128 valence electrons. The summed E-state index contributed by atoms with van der Waals surface area (Å²) in [4.78, 5) is 14.5. The number of carbonyl (C=O) groups excluding carboxylic acids is 1. The number of amides is 1. The van der Waals surface area contributed by atoms with E-state index in [0.717, 1.165) is 43.0 Å². The molecule has 1 aromatic carbocycles. The molecule has 4 nitrogen and oxygen atoms in total. The number of hydrogen-bond donors (Lipinski definition) is 1. The SMILES string of the molecule is COCc1ccc(C(=O)N2CCC(NCC3CC3)CC2)cc1.Cl. The normalized spacial score (nSPS) is 18.6. The van der Waals surface area contributed by atoms with E-state index in [4.69, 9.17) is 4.74 Å². The van der Waals surface area contributed by atoms with Gasteiger partial charge in [-0.2, -0.15) is 0 Å². The molecule has 1 amide bonds. The average molecular weight is 339 g/mol. The molecule has 2 aliphatic rings. The van der Waals surface area contributed by atoms with E-state index >= 15 is 0 Å². The monoisotopic (exact) mass is 338 g/mol. The van der Waals surface area contributed by atoms with Crippen LogP contribution in [0.2, 0.25) is 0 Å². The lowest BCUT2D eigenvalue weighted by atomic mass is 10.0. The molecule has 0 unspecified atom stereocenters. The quantitative estimate of drug-likeness (QED) is 0.867. The maximum atomic E-state index is 12.5. The number of benzene rings is 1. The number of hydrogen-bond acceptors (Lipinski definition) is 3. The molecule has 23 heavy (non-hydrogen) atoms. The fourth-order valence-electron chi connectivity index (χ4n) is 3.03. The summed E-state index contributed by atoms with van der Waals surface area (Å²) in [7, 11) is 1.68. The molecule has 0 bridgehead atoms. The number of carbonyl (C=O) groups is 1. The van der Waals surface area contributed by atoms with Gasteiger partial charge in [-0.15, -0.1) is 12.4 Å². The fraction of sp³-hybridized carbons (Fsp3) is 0.611. The zero-order valence-electron chi connectivity index (χ0n) is 13.8. The highest BCUT2D eigenvalue weighted by Crippen LogP contribution is 2.28. The number of piperidine rings is 1. The Bertz CT molecular complexity index is 494. The largest absolute Gasteiger partial charge is 0.380 e. The molecule has 0 spiro atoms. The predicted octanol–water partition coefficient (Wildman–Crippen LogP) is 2.86. The van der Waals surface area contributed by atoms with Crippen LogP contribution in [0.3, 0.4) is 0 Å². The third kappa shape index (κ3) is 5.20. The highest BCUT2D eigenvalue weighted by atomic mass is 35.5. The number of nitrogens with one attached hydrogen (secondary N) is 1. The zero-order chi connectivity index (χ0) is 15.4. The van der Waals surface area contributed by atoms with Gasteiger partial charge in [-0.1, -0.05) is 12.1 Å². The Morgan fingerprint density at radius 1 is 1.17 bits per heavy atom. The van der Waals surface area contributed by atoms with E-state index in [0.29, 0.717) is 12.6 Å². The lowest BCUT2D eigenvalue weighted by Gasteiger charge is -2.32. The van der Waals surface area contributed by atoms with Crippen LogP contribution in [0.4, 0.5) is 0 Å². The van der Waals surface area contributed by atoms with Crippen molar-refractivity contribution in [2.75, 3.05) is 26.7 Å². The fourth-order valence-corrected chi connectivity index (χ4v) is 3.03. The first kappa shape index (κ1) is 18.2. The third-order valence-corrected chi connectivity index (χ3v) is 4.69. The molecule has 2 fully saturated rings. The molecule has 1 saturated carbocycles. The summed E-state index contributed by atoms with van der Waals surface area (Å²) < 4.78 is 5.10. The molecular weight excluding hydrogens is 312 g/mol. The van der Waals surface area contributed by atoms with Gasteiger partial charge in [-0.3, -0.25) is 4.79 Å². The number of likely N-dealkylation sites (tertiary alicyclic amines) is 1. The van der Waals surface area contributed by atoms with E-state index in [2.05, 4.69) is 5.32 Å². The second-order valence-corrected chi connectivity index (χ2v) is 6.55. The molecular formula is C18H27ClN2O2. The van der Waals surface area contributed by atoms with Gasteiger partial charge in [0.05, 0.1) is 6.61 Å². The van der Waals surface area contributed by atoms with Crippen LogP contribution in [0.25, 0.3) is 0 Å². The molecule has 3 rings (SSSR count). The van der Waals surface area contributed by atoms with E-state index < -0.39 is 0 Å². The zero-order valence-corrected chi connectivity index (χ0v) is 14.6. The van der Waals surface area contributed by atoms with Gasteiger partial charge in [0.1, 0.15) is 0 Å². The van der Waals surface area contributed by atoms with Gasteiger partial charge in [-0.25, -0.2) is 0 Å². The Kier molecular flexibility index (Phi) is 6.88. The van der Waals surface area contributed by atoms with E-state index in [9.17, 15) is 4.79 Å². The Labute approximate surface area is 145 Å². The minimum atomic E-state index is 0. The Balaban J connectivity index is 0.00000192. The molecule has 0 radical (unpaired) electrons. The maximum Gasteiger partial charge on any atom is 0.253 e. The van der Waals surface area contributed by atoms with Crippen LogP contribution in [0.5, 0.6) is 0 Å². The van der Waals surface area contributed by atoms with Gasteiger partial charge >= 0.3 is 0 Å². The van der Waals surface area contributed by atoms with Gasteiger partial charge in [0.15, 0.2) is 0 Å². The van der Waals surface area contributed by atoms with Crippen molar-refractivity contribution in [1.82, 2.24) is 10.2 Å². The van der Waals surface area contributed by atoms with Gasteiger partial charge in [-0.05, 0) is 55.8 Å². The van der Waals surface area contributed by atoms with E-state index in [-0.39, 0.29) is 18.3 Å². The molecule has 1 heterocycles. The minimum Gasteiger partial charge on any atom is -0.380 e. The molecule has 1 aromatic rings. The summed E-state index contributed by atoms with van der Waals surface area (Å²) in [5, 5.41) is 3.65. The highest BCUT2D eigenvalue weighted by Gasteiger charge is 2.26. The van der Waals surface area contributed by atoms with Crippen molar-refractivity contribution in [3.8, 4) is 0 Å². The van der Waals surface area contributed by atoms with Crippen LogP contribution in [0.1, 0.15) is 41.6 Å². The second kappa shape index (κ2) is 8.67. The molecule has 0 aromatic heterocycles. The van der Waals surface area contributed by atoms with Crippen molar-refractivity contribution in [2.45, 2.75) is 38.3 Å². The lowest BCUT2D eigenvalue weighted by Crippen LogP contribution is -2.45. The van der Waals surface area contributed by atoms with E-state index in [1.165, 1.54) is 19.4 Å². The number of nitrogens with zero attached hydrogens (tertiary/aromatic N) is 1. The summed E-state index contributed by atoms with van der Waals surface area (Å²) in [6.07, 6.45) is 4.92. The average Bonchev–Trinajstić information content (AvgIpc) is 3.38. The summed E-state index contributed by atoms with van der Waals surface area (Å²) in [6, 6.07) is 8.36. The Morgan fingerprint density at radius 3 is 2.39 bits per heavy atom. The molecule has 1 aliphatic heterocycles. The van der Waals surface area contributed by atoms with Crippen LogP contribution in [0.15, 0.2) is 24.3 Å². The molecule has 1 aliphatic carbocycles. The van der Waals surface area contributed by atoms with Crippen molar-refractivity contribution in [2.24, 2.45) is 5.92 Å². The number of rotatable bonds is 6. The van der Waals surface area contributed by atoms with Crippen LogP contribution in [-0.2, 0) is 11.3 Å². The first-order valence-corrected chi connectivity index (χ1v) is 8.37. The Morgan fingerprint density at radius 2 is 1.83 bits per heavy atom. The van der Waals surface area contributed by atoms with E-state index in [1.807, 2.05) is 29.2 Å². The van der Waals surface area contributed by atoms with Crippen molar-refractivity contribution in [3.05, 3.63) is 35.4 Å². The first-order chi connectivity index (χ1) is 10.8. The van der Waals surface area contributed by atoms with Gasteiger partial charge in [0, 0.05) is 31.8 Å². The van der Waals surface area contributed by atoms with Crippen molar-refractivity contribution in [3.63, 3.8) is 0 Å². The number of methoxy groups -OCH3 is 1. The predicted molar refractivity (Wildman–Crippen MR) is 94.1 cm³/mol. The minimum absolute atomic E-state index is 0. The number of ether oxygens (including phenoxy) is 1. The highest BCUT2D eigenvalue weighted by molar-refractivity contribution is 5.94. The standard InChI is InChI=1S/C18H26N2O2.ClH/c1-22-13-15-4-6-16(7-5-15)18(21)20-10-8-17(9-11-20)19-12-14-2-3-14;/h4-7,14,17,19H,2-3,8-13H2,1H3;1H. The van der Waals surface area contributed by atoms with Gasteiger partial charge < -0.3 is 15.0 Å². The third-order valence-electron chi connectivity index (χ3n) is 4.69. The number of halogens is 1. The Hall–Kier alpha value is -1.10. The second-order valence-electron chi connectivity index (χ2n) is 6.55. The smallest absolute Gasteiger partial charge is 0.253 e. The first-order valence-electron chi connectivity index (χ1n) is 8.37. The maximum absolute atomic E-state index is 12.5. The summed E-state index contributed by atoms with van der Waals surface area (Å²) in [5.41, 5.74) is 1.88. The van der Waals surface area contributed by atoms with Crippen LogP contribution in [0, 0.1) is 5.92 Å². The summed E-state index contributed by atoms with van der Waals surface area (Å²) in [6.45, 7) is 3.48. The van der Waals surface area contributed by atoms with Crippen LogP contribution >= 0.6 is 12.4 Å². The molecule has 1 saturated heterocycles. The molecule has 1 N–H and O–H groups in total. The topological polar surface area (TPSA) is 41.6 Å². The van der Waals surface area contributed by atoms with Crippen LogP contribution in [-0.4, -0.2) is 43.6 Å². The van der Waals surface area contributed by atoms with Crippen molar-refractivity contribution >= 4 is 18.3 Å². The summed E-state index contributed by atoms with van der Waals surface area (Å²) >= 11 is 0.